The smallest absolute Gasteiger partial charge is 0.220 e. The van der Waals surface area contributed by atoms with E-state index in [0.717, 1.165) is 17.0 Å². The Labute approximate surface area is 227 Å². The van der Waals surface area contributed by atoms with Crippen LogP contribution in [-0.2, 0) is 6.61 Å². The Morgan fingerprint density at radius 3 is 2.43 bits per heavy atom. The second-order valence-electron chi connectivity index (χ2n) is 7.99. The van der Waals surface area contributed by atoms with E-state index in [4.69, 9.17) is 14.2 Å². The van der Waals surface area contributed by atoms with Crippen molar-refractivity contribution >= 4 is 27.7 Å². The molecule has 1 atom stereocenters. The molecule has 37 heavy (non-hydrogen) atoms. The van der Waals surface area contributed by atoms with Gasteiger partial charge in [0, 0.05) is 10.6 Å². The van der Waals surface area contributed by atoms with Crippen LogP contribution in [0, 0.1) is 17.0 Å². The molecule has 0 spiro atoms. The zero-order valence-corrected chi connectivity index (χ0v) is 22.9. The van der Waals surface area contributed by atoms with Gasteiger partial charge in [-0.2, -0.15) is 0 Å². The highest BCUT2D eigenvalue weighted by Gasteiger charge is 2.26. The van der Waals surface area contributed by atoms with E-state index in [-0.39, 0.29) is 11.5 Å². The van der Waals surface area contributed by atoms with Gasteiger partial charge in [-0.3, -0.25) is 14.7 Å². The molecule has 0 radical (unpaired) electrons. The Kier molecular flexibility index (Phi) is 8.67. The number of aromatic nitrogens is 3. The largest absolute Gasteiger partial charge is 0.497 e. The maximum Gasteiger partial charge on any atom is 0.220 e. The number of aryl methyl sites for hydroxylation is 1. The average molecular weight is 585 g/mol. The van der Waals surface area contributed by atoms with Crippen LogP contribution in [0.2, 0.25) is 0 Å². The molecule has 11 heteroatoms. The summed E-state index contributed by atoms with van der Waals surface area (Å²) >= 11 is 4.84. The third kappa shape index (κ3) is 6.41. The van der Waals surface area contributed by atoms with Crippen molar-refractivity contribution in [3.05, 3.63) is 98.3 Å². The summed E-state index contributed by atoms with van der Waals surface area (Å²) < 4.78 is 19.4. The summed E-state index contributed by atoms with van der Waals surface area (Å²) in [6.07, 6.45) is 0. The third-order valence-electron chi connectivity index (χ3n) is 5.54. The van der Waals surface area contributed by atoms with E-state index < -0.39 is 5.25 Å². The minimum Gasteiger partial charge on any atom is -0.497 e. The van der Waals surface area contributed by atoms with Crippen LogP contribution in [0.25, 0.3) is 5.69 Å². The molecule has 4 rings (SSSR count). The molecule has 0 fully saturated rings. The van der Waals surface area contributed by atoms with E-state index in [1.54, 1.807) is 20.3 Å². The van der Waals surface area contributed by atoms with Crippen molar-refractivity contribution < 1.29 is 19.1 Å². The second-order valence-corrected chi connectivity index (χ2v) is 10.0. The zero-order valence-electron chi connectivity index (χ0n) is 20.5. The summed E-state index contributed by atoms with van der Waals surface area (Å²) in [6, 6.07) is 20.8. The van der Waals surface area contributed by atoms with Crippen molar-refractivity contribution in [1.29, 1.82) is 0 Å². The van der Waals surface area contributed by atoms with Crippen LogP contribution >= 0.6 is 27.7 Å². The van der Waals surface area contributed by atoms with Gasteiger partial charge in [-0.15, -0.1) is 10.2 Å². The molecule has 1 heterocycles. The predicted molar refractivity (Wildman–Crippen MR) is 145 cm³/mol. The monoisotopic (exact) mass is 584 g/mol. The lowest BCUT2D eigenvalue weighted by molar-refractivity contribution is -0.479. The number of halogens is 1. The number of hydrogen-bond acceptors (Lipinski definition) is 8. The van der Waals surface area contributed by atoms with Crippen LogP contribution in [-0.4, -0.2) is 40.5 Å². The van der Waals surface area contributed by atoms with Gasteiger partial charge >= 0.3 is 0 Å². The Hall–Kier alpha value is -3.57. The molecule has 0 bridgehead atoms. The summed E-state index contributed by atoms with van der Waals surface area (Å²) in [5, 5.41) is 20.1. The maximum absolute atomic E-state index is 11.6. The number of ether oxygens (including phenoxy) is 3. The topological polar surface area (TPSA) is 102 Å². The Bertz CT molecular complexity index is 1370. The van der Waals surface area contributed by atoms with Gasteiger partial charge in [0.15, 0.2) is 16.7 Å². The molecule has 4 aromatic rings. The van der Waals surface area contributed by atoms with Crippen molar-refractivity contribution in [2.24, 2.45) is 0 Å². The lowest BCUT2D eigenvalue weighted by Crippen LogP contribution is -2.12. The highest BCUT2D eigenvalue weighted by molar-refractivity contribution is 9.10. The summed E-state index contributed by atoms with van der Waals surface area (Å²) in [4.78, 5) is 11.3. The fraction of sp³-hybridized carbons (Fsp3) is 0.231. The van der Waals surface area contributed by atoms with E-state index >= 15 is 0 Å². The van der Waals surface area contributed by atoms with Crippen LogP contribution in [0.3, 0.4) is 0 Å². The lowest BCUT2D eigenvalue weighted by atomic mass is 10.1. The minimum atomic E-state index is -0.566. The zero-order chi connectivity index (χ0) is 26.4. The molecule has 0 unspecified atom stereocenters. The molecule has 9 nitrogen and oxygen atoms in total. The lowest BCUT2D eigenvalue weighted by Gasteiger charge is -2.18. The Morgan fingerprint density at radius 2 is 1.78 bits per heavy atom. The van der Waals surface area contributed by atoms with Crippen molar-refractivity contribution in [2.45, 2.75) is 23.9 Å². The molecular formula is C26H25BrN4O5S. The molecule has 0 N–H and O–H groups in total. The van der Waals surface area contributed by atoms with Crippen LogP contribution in [0.15, 0.2) is 76.4 Å². The van der Waals surface area contributed by atoms with Gasteiger partial charge < -0.3 is 14.2 Å². The number of thioether (sulfide) groups is 1. The molecule has 192 valence electrons. The highest BCUT2D eigenvalue weighted by Crippen LogP contribution is 2.43. The molecule has 0 saturated carbocycles. The second kappa shape index (κ2) is 12.1. The van der Waals surface area contributed by atoms with Gasteiger partial charge in [0.1, 0.15) is 23.4 Å². The average Bonchev–Trinajstić information content (AvgIpc) is 3.27. The molecule has 3 aromatic carbocycles. The summed E-state index contributed by atoms with van der Waals surface area (Å²) in [5.41, 5.74) is 2.53. The molecule has 0 aliphatic carbocycles. The van der Waals surface area contributed by atoms with Crippen LogP contribution in [0.1, 0.15) is 22.2 Å². The molecule has 1 aromatic heterocycles. The van der Waals surface area contributed by atoms with Crippen LogP contribution in [0.4, 0.5) is 0 Å². The molecular weight excluding hydrogens is 560 g/mol. The van der Waals surface area contributed by atoms with Gasteiger partial charge in [-0.1, -0.05) is 42.1 Å². The van der Waals surface area contributed by atoms with Crippen molar-refractivity contribution in [2.75, 3.05) is 20.8 Å². The van der Waals surface area contributed by atoms with E-state index in [2.05, 4.69) is 26.1 Å². The number of rotatable bonds is 11. The fourth-order valence-corrected chi connectivity index (χ4v) is 5.44. The molecule has 0 aliphatic rings. The summed E-state index contributed by atoms with van der Waals surface area (Å²) in [5.74, 6) is 2.39. The Balaban J connectivity index is 1.65. The minimum absolute atomic E-state index is 0.320. The van der Waals surface area contributed by atoms with E-state index in [1.807, 2.05) is 72.2 Å². The summed E-state index contributed by atoms with van der Waals surface area (Å²) in [6.45, 7) is 1.87. The van der Waals surface area contributed by atoms with Crippen LogP contribution < -0.4 is 14.2 Å². The number of methoxy groups -OCH3 is 2. The quantitative estimate of drug-likeness (QED) is 0.119. The normalized spacial score (nSPS) is 11.7. The first kappa shape index (κ1) is 26.5. The van der Waals surface area contributed by atoms with E-state index in [1.165, 1.54) is 11.8 Å². The van der Waals surface area contributed by atoms with Gasteiger partial charge in [0.05, 0.1) is 18.7 Å². The van der Waals surface area contributed by atoms with E-state index in [9.17, 15) is 10.1 Å². The number of hydrogen-bond donors (Lipinski definition) is 0. The van der Waals surface area contributed by atoms with Gasteiger partial charge in [-0.25, -0.2) is 0 Å². The SMILES string of the molecule is COc1ccc(-n2c(C)nnc2S[C@@H](C[N+](=O)[O-])c2cc(Br)c(OCc3ccccc3)c(OC)c2)cc1. The van der Waals surface area contributed by atoms with Gasteiger partial charge in [-0.05, 0) is 70.4 Å². The predicted octanol–water partition coefficient (Wildman–Crippen LogP) is 6.04. The fourth-order valence-electron chi connectivity index (χ4n) is 3.72. The van der Waals surface area contributed by atoms with Gasteiger partial charge in [0.25, 0.3) is 0 Å². The van der Waals surface area contributed by atoms with Crippen molar-refractivity contribution in [3.8, 4) is 22.9 Å². The van der Waals surface area contributed by atoms with Crippen molar-refractivity contribution in [3.63, 3.8) is 0 Å². The molecule has 0 amide bonds. The maximum atomic E-state index is 11.6. The Morgan fingerprint density at radius 1 is 1.05 bits per heavy atom. The molecule has 0 aliphatic heterocycles. The van der Waals surface area contributed by atoms with Crippen LogP contribution in [0.5, 0.6) is 17.2 Å². The number of benzene rings is 3. The van der Waals surface area contributed by atoms with Gasteiger partial charge in [0.2, 0.25) is 6.54 Å². The highest BCUT2D eigenvalue weighted by atomic mass is 79.9. The van der Waals surface area contributed by atoms with Crippen molar-refractivity contribution in [1.82, 2.24) is 14.8 Å². The molecule has 0 saturated heterocycles. The first-order chi connectivity index (χ1) is 17.9. The first-order valence-electron chi connectivity index (χ1n) is 11.3. The first-order valence-corrected chi connectivity index (χ1v) is 13.0. The standard InChI is InChI=1S/C26H25BrN4O5S/c1-17-28-29-26(31(17)20-9-11-21(34-2)12-10-20)37-24(15-30(32)33)19-13-22(27)25(23(14-19)35-3)36-16-18-7-5-4-6-8-18/h4-14,24H,15-16H2,1-3H3/t24-/m0/s1. The summed E-state index contributed by atoms with van der Waals surface area (Å²) in [7, 11) is 3.15. The number of nitro groups is 1. The third-order valence-corrected chi connectivity index (χ3v) is 7.31. The van der Waals surface area contributed by atoms with E-state index in [0.29, 0.717) is 39.1 Å². The number of nitrogens with zero attached hydrogens (tertiary/aromatic N) is 4.